The van der Waals surface area contributed by atoms with Crippen molar-refractivity contribution in [3.05, 3.63) is 121 Å². The van der Waals surface area contributed by atoms with Crippen LogP contribution >= 0.6 is 0 Å². The Morgan fingerprint density at radius 1 is 0.492 bits per heavy atom. The normalized spacial score (nSPS) is 22.7. The van der Waals surface area contributed by atoms with Gasteiger partial charge in [0.1, 0.15) is 22.9 Å². The quantitative estimate of drug-likeness (QED) is 0.178. The Morgan fingerprint density at radius 2 is 0.877 bits per heavy atom. The van der Waals surface area contributed by atoms with Gasteiger partial charge in [0.25, 0.3) is 0 Å². The summed E-state index contributed by atoms with van der Waals surface area (Å²) in [5.74, 6) is 2.70. The number of ether oxygens (including phenoxy) is 2. The van der Waals surface area contributed by atoms with E-state index in [1.165, 1.54) is 32.7 Å². The molecule has 0 unspecified atom stereocenters. The van der Waals surface area contributed by atoms with E-state index in [4.69, 9.17) is 19.4 Å². The Kier molecular flexibility index (Phi) is 8.84. The van der Waals surface area contributed by atoms with Crippen molar-refractivity contribution in [3.63, 3.8) is 0 Å². The molecule has 4 fully saturated rings. The lowest BCUT2D eigenvalue weighted by Gasteiger charge is -2.37. The fraction of sp³-hybridized carbons (Fsp3) is 0.345. The molecule has 328 valence electrons. The molecule has 2 saturated heterocycles. The molecule has 2 saturated carbocycles. The maximum atomic E-state index is 13.4. The van der Waals surface area contributed by atoms with Crippen molar-refractivity contribution in [1.29, 1.82) is 0 Å². The molecule has 2 aromatic heterocycles. The Hall–Kier alpha value is -6.68. The first-order valence-corrected chi connectivity index (χ1v) is 23.3. The molecular weight excluding hydrogens is 809 g/mol. The third kappa shape index (κ3) is 7.18. The zero-order chi connectivity index (χ0) is 44.5. The number of H-pyrrole nitrogens is 2. The number of amides is 2. The van der Waals surface area contributed by atoms with Gasteiger partial charge in [-0.15, -0.1) is 0 Å². The average molecular weight is 863 g/mol. The first kappa shape index (κ1) is 39.9. The largest absolute Gasteiger partial charge is 0.444 e. The van der Waals surface area contributed by atoms with E-state index in [0.29, 0.717) is 11.8 Å². The van der Waals surface area contributed by atoms with Gasteiger partial charge in [-0.3, -0.25) is 9.80 Å². The smallest absolute Gasteiger partial charge is 0.411 e. The minimum absolute atomic E-state index is 0.1000. The molecule has 0 bridgehead atoms. The highest BCUT2D eigenvalue weighted by molar-refractivity contribution is 5.95. The number of hydrogen-bond acceptors (Lipinski definition) is 6. The van der Waals surface area contributed by atoms with Crippen molar-refractivity contribution in [1.82, 2.24) is 29.7 Å². The summed E-state index contributed by atoms with van der Waals surface area (Å²) in [5.41, 5.74) is 9.51. The van der Waals surface area contributed by atoms with Crippen LogP contribution in [0.3, 0.4) is 0 Å². The minimum Gasteiger partial charge on any atom is -0.444 e. The first-order valence-electron chi connectivity index (χ1n) is 23.3. The van der Waals surface area contributed by atoms with Crippen molar-refractivity contribution in [2.75, 3.05) is 0 Å². The van der Waals surface area contributed by atoms with Gasteiger partial charge in [0.2, 0.25) is 0 Å². The molecule has 10 nitrogen and oxygen atoms in total. The van der Waals surface area contributed by atoms with Crippen LogP contribution in [0, 0.1) is 11.8 Å². The number of carbonyl (C=O) groups excluding carboxylic acids is 2. The second kappa shape index (κ2) is 14.4. The van der Waals surface area contributed by atoms with Gasteiger partial charge in [-0.1, -0.05) is 60.7 Å². The fourth-order valence-electron chi connectivity index (χ4n) is 10.9. The highest BCUT2D eigenvalue weighted by Crippen LogP contribution is 2.54. The molecule has 8 aromatic rings. The Morgan fingerprint density at radius 3 is 1.28 bits per heavy atom. The number of likely N-dealkylation sites (tertiary alicyclic amines) is 2. The van der Waals surface area contributed by atoms with Crippen LogP contribution in [0.4, 0.5) is 9.59 Å². The summed E-state index contributed by atoms with van der Waals surface area (Å²) in [4.78, 5) is 47.6. The molecule has 4 aliphatic rings. The van der Waals surface area contributed by atoms with Gasteiger partial charge in [-0.25, -0.2) is 19.6 Å². The van der Waals surface area contributed by atoms with Crippen molar-refractivity contribution >= 4 is 55.8 Å². The third-order valence-electron chi connectivity index (χ3n) is 14.2. The zero-order valence-corrected chi connectivity index (χ0v) is 37.8. The monoisotopic (exact) mass is 862 g/mol. The maximum Gasteiger partial charge on any atom is 0.411 e. The van der Waals surface area contributed by atoms with E-state index >= 15 is 0 Å². The van der Waals surface area contributed by atoms with Crippen LogP contribution < -0.4 is 0 Å². The van der Waals surface area contributed by atoms with E-state index in [0.717, 1.165) is 88.1 Å². The predicted molar refractivity (Wildman–Crippen MR) is 256 cm³/mol. The number of nitrogens with one attached hydrogen (secondary N) is 2. The Labute approximate surface area is 378 Å². The van der Waals surface area contributed by atoms with Crippen LogP contribution in [-0.2, 0) is 9.47 Å². The van der Waals surface area contributed by atoms with Crippen molar-refractivity contribution in [2.45, 2.75) is 109 Å². The first-order chi connectivity index (χ1) is 31.2. The van der Waals surface area contributed by atoms with Gasteiger partial charge in [0.05, 0.1) is 34.2 Å². The molecule has 12 rings (SSSR count). The van der Waals surface area contributed by atoms with Crippen LogP contribution in [0.5, 0.6) is 0 Å². The fourth-order valence-corrected chi connectivity index (χ4v) is 10.9. The Bertz CT molecular complexity index is 3240. The molecule has 4 heterocycles. The standard InChI is InChI=1S/C55H54N6O4/c1-54(2,3)64-52(62)60-46-20-17-40(46)27-48(60)50-56-42-18-15-38(25-44(42)58-50)36-13-11-32-21-30(7-9-34(32)23-36)31-8-10-35-24-37(14-12-33(35)22-31)39-16-19-43-45(26-39)59-51(57-43)49-29-41-28-47(41)61(49)53(63)65-55(4,5)6/h7-16,18-19,21-26,40-41,46-49H,17,20,27-29H2,1-6H3,(H,56,58)(H,57,59)/t40-,41-,46-,47-,48+,49+/m1/s1. The summed E-state index contributed by atoms with van der Waals surface area (Å²) in [6.07, 6.45) is 4.55. The van der Waals surface area contributed by atoms with E-state index in [1.807, 2.05) is 51.3 Å². The Balaban J connectivity index is 0.762. The molecule has 10 heteroatoms. The molecule has 6 atom stereocenters. The highest BCUT2D eigenvalue weighted by atomic mass is 16.6. The summed E-state index contributed by atoms with van der Waals surface area (Å²) in [6, 6.07) is 39.8. The lowest BCUT2D eigenvalue weighted by Crippen LogP contribution is -2.46. The minimum atomic E-state index is -0.546. The van der Waals surface area contributed by atoms with Gasteiger partial charge >= 0.3 is 12.2 Å². The van der Waals surface area contributed by atoms with E-state index < -0.39 is 11.2 Å². The number of aromatic nitrogens is 4. The third-order valence-corrected chi connectivity index (χ3v) is 14.2. The highest BCUT2D eigenvalue weighted by Gasteiger charge is 2.56. The number of carbonyl (C=O) groups is 2. The van der Waals surface area contributed by atoms with Crippen LogP contribution in [0.1, 0.15) is 97.4 Å². The number of fused-ring (bicyclic) bond motifs is 6. The number of rotatable bonds is 5. The van der Waals surface area contributed by atoms with Gasteiger partial charge < -0.3 is 19.4 Å². The topological polar surface area (TPSA) is 116 Å². The van der Waals surface area contributed by atoms with Crippen LogP contribution in [0.2, 0.25) is 0 Å². The summed E-state index contributed by atoms with van der Waals surface area (Å²) in [7, 11) is 0. The van der Waals surface area contributed by atoms with Crippen LogP contribution in [0.25, 0.3) is 77.0 Å². The molecular formula is C55H54N6O4. The molecule has 0 radical (unpaired) electrons. The molecule has 6 aromatic carbocycles. The van der Waals surface area contributed by atoms with Crippen LogP contribution in [-0.4, -0.2) is 65.2 Å². The van der Waals surface area contributed by atoms with E-state index in [2.05, 4.69) is 119 Å². The van der Waals surface area contributed by atoms with Gasteiger partial charge in [-0.05, 0) is 189 Å². The van der Waals surface area contributed by atoms with Gasteiger partial charge in [-0.2, -0.15) is 0 Å². The van der Waals surface area contributed by atoms with Gasteiger partial charge in [0.15, 0.2) is 0 Å². The zero-order valence-electron chi connectivity index (χ0n) is 37.8. The number of benzene rings is 6. The van der Waals surface area contributed by atoms with Crippen molar-refractivity contribution < 1.29 is 19.1 Å². The number of aromatic amines is 2. The maximum absolute atomic E-state index is 13.4. The number of piperidine rings is 1. The molecule has 2 N–H and O–H groups in total. The second-order valence-electron chi connectivity index (χ2n) is 21.0. The summed E-state index contributed by atoms with van der Waals surface area (Å²) >= 11 is 0. The molecule has 65 heavy (non-hydrogen) atoms. The lowest BCUT2D eigenvalue weighted by atomic mass is 9.80. The van der Waals surface area contributed by atoms with E-state index in [-0.39, 0.29) is 36.4 Å². The molecule has 2 aliphatic carbocycles. The number of hydrogen-bond donors (Lipinski definition) is 2. The predicted octanol–water partition coefficient (Wildman–Crippen LogP) is 13.3. The summed E-state index contributed by atoms with van der Waals surface area (Å²) < 4.78 is 11.6. The summed E-state index contributed by atoms with van der Waals surface area (Å²) in [5, 5.41) is 4.73. The SMILES string of the molecule is CC(C)(C)OC(=O)N1[C@@H]2CC[C@@H]2C[C@H]1c1nc2ccc(-c3ccc4cc(-c5ccc6cc(-c7ccc8nc([C@@H]9C[C@H]%10C[C@H]%10N9C(=O)OC(C)(C)C)[nH]c8c7)ccc6c5)ccc4c3)cc2[nH]1. The van der Waals surface area contributed by atoms with Gasteiger partial charge in [0, 0.05) is 12.1 Å². The van der Waals surface area contributed by atoms with E-state index in [1.54, 1.807) is 0 Å². The number of imidazole rings is 2. The second-order valence-corrected chi connectivity index (χ2v) is 21.0. The summed E-state index contributed by atoms with van der Waals surface area (Å²) in [6.45, 7) is 11.5. The lowest BCUT2D eigenvalue weighted by molar-refractivity contribution is 0.00473. The van der Waals surface area contributed by atoms with Crippen LogP contribution in [0.15, 0.2) is 109 Å². The molecule has 0 spiro atoms. The molecule has 2 aliphatic heterocycles. The molecule has 2 amide bonds. The van der Waals surface area contributed by atoms with E-state index in [9.17, 15) is 9.59 Å². The number of nitrogens with zero attached hydrogens (tertiary/aromatic N) is 4. The van der Waals surface area contributed by atoms with Crippen molar-refractivity contribution in [2.24, 2.45) is 11.8 Å². The average Bonchev–Trinajstić information content (AvgIpc) is 3.57. The van der Waals surface area contributed by atoms with Crippen molar-refractivity contribution in [3.8, 4) is 33.4 Å².